The van der Waals surface area contributed by atoms with Crippen molar-refractivity contribution in [3.8, 4) is 0 Å². The van der Waals surface area contributed by atoms with Gasteiger partial charge in [0.2, 0.25) is 0 Å². The highest BCUT2D eigenvalue weighted by atomic mass is 16.5. The van der Waals surface area contributed by atoms with Gasteiger partial charge in [0.1, 0.15) is 0 Å². The van der Waals surface area contributed by atoms with E-state index in [0.29, 0.717) is 18.3 Å². The average Bonchev–Trinajstić information content (AvgIpc) is 2.69. The summed E-state index contributed by atoms with van der Waals surface area (Å²) in [5.41, 5.74) is 0. The molecule has 2 aliphatic rings. The molecule has 1 heterocycles. The molecule has 1 fully saturated rings. The third-order valence-electron chi connectivity index (χ3n) is 3.26. The summed E-state index contributed by atoms with van der Waals surface area (Å²) < 4.78 is 5.31. The van der Waals surface area contributed by atoms with E-state index in [0.717, 1.165) is 19.3 Å². The number of hydrogen-bond donors (Lipinski definition) is 0. The normalized spacial score (nSPS) is 32.2. The molecule has 1 aliphatic heterocycles. The maximum absolute atomic E-state index is 12.0. The summed E-state index contributed by atoms with van der Waals surface area (Å²) in [5.74, 6) is 1.85. The predicted octanol–water partition coefficient (Wildman–Crippen LogP) is 2.69. The number of rotatable bonds is 2. The third kappa shape index (κ3) is 1.99. The lowest BCUT2D eigenvalue weighted by molar-refractivity contribution is -0.123. The van der Waals surface area contributed by atoms with Crippen molar-refractivity contribution >= 4 is 5.78 Å². The van der Waals surface area contributed by atoms with Gasteiger partial charge >= 0.3 is 0 Å². The van der Waals surface area contributed by atoms with Crippen LogP contribution in [-0.2, 0) is 9.53 Å². The van der Waals surface area contributed by atoms with Gasteiger partial charge in [-0.15, -0.1) is 0 Å². The number of Topliss-reactive ketones (excluding diaryl/α,β-unsaturated/α-hetero) is 1. The fraction of sp³-hybridized carbons (Fsp3) is 0.750. The first-order chi connectivity index (χ1) is 6.77. The van der Waals surface area contributed by atoms with Crippen molar-refractivity contribution in [3.63, 3.8) is 0 Å². The van der Waals surface area contributed by atoms with Crippen LogP contribution in [0.1, 0.15) is 39.0 Å². The molecule has 0 saturated heterocycles. The van der Waals surface area contributed by atoms with Crippen LogP contribution in [0.5, 0.6) is 0 Å². The Kier molecular flexibility index (Phi) is 2.90. The van der Waals surface area contributed by atoms with E-state index in [1.807, 2.05) is 6.08 Å². The van der Waals surface area contributed by atoms with E-state index in [1.165, 1.54) is 12.8 Å². The lowest BCUT2D eigenvalue weighted by Gasteiger charge is -2.25. The number of carbonyl (C=O) groups is 1. The molecule has 1 aliphatic carbocycles. The number of allylic oxidation sites excluding steroid dienone is 1. The number of hydrogen-bond acceptors (Lipinski definition) is 2. The summed E-state index contributed by atoms with van der Waals surface area (Å²) in [5, 5.41) is 0. The fourth-order valence-electron chi connectivity index (χ4n) is 2.46. The van der Waals surface area contributed by atoms with E-state index >= 15 is 0 Å². The molecule has 2 rings (SSSR count). The van der Waals surface area contributed by atoms with Crippen LogP contribution in [0.2, 0.25) is 0 Å². The fourth-order valence-corrected chi connectivity index (χ4v) is 2.46. The lowest BCUT2D eigenvalue weighted by atomic mass is 9.80. The molecular formula is C12H18O2. The first-order valence-corrected chi connectivity index (χ1v) is 5.64. The molecule has 2 unspecified atom stereocenters. The van der Waals surface area contributed by atoms with Crippen LogP contribution in [0.4, 0.5) is 0 Å². The van der Waals surface area contributed by atoms with Crippen LogP contribution in [0.3, 0.4) is 0 Å². The van der Waals surface area contributed by atoms with Gasteiger partial charge < -0.3 is 4.74 Å². The Morgan fingerprint density at radius 3 is 3.00 bits per heavy atom. The highest BCUT2D eigenvalue weighted by molar-refractivity contribution is 5.95. The van der Waals surface area contributed by atoms with Crippen molar-refractivity contribution in [2.75, 3.05) is 6.61 Å². The smallest absolute Gasteiger partial charge is 0.200 e. The van der Waals surface area contributed by atoms with Gasteiger partial charge in [-0.25, -0.2) is 0 Å². The summed E-state index contributed by atoms with van der Waals surface area (Å²) in [4.78, 5) is 12.0. The molecule has 0 radical (unpaired) electrons. The van der Waals surface area contributed by atoms with Crippen molar-refractivity contribution in [1.29, 1.82) is 0 Å². The molecule has 0 bridgehead atoms. The van der Waals surface area contributed by atoms with Crippen LogP contribution >= 0.6 is 0 Å². The standard InChI is InChI=1S/C12H18O2/c1-9-4-2-5-10(8-9)12(13)11-6-3-7-14-11/h6,9-10H,2-5,7-8H2,1H3. The van der Waals surface area contributed by atoms with Crippen LogP contribution in [0, 0.1) is 11.8 Å². The van der Waals surface area contributed by atoms with Gasteiger partial charge in [-0.1, -0.05) is 19.8 Å². The quantitative estimate of drug-likeness (QED) is 0.675. The molecule has 0 spiro atoms. The minimum absolute atomic E-state index is 0.239. The highest BCUT2D eigenvalue weighted by Crippen LogP contribution is 2.31. The van der Waals surface area contributed by atoms with E-state index < -0.39 is 0 Å². The van der Waals surface area contributed by atoms with Crippen LogP contribution in [-0.4, -0.2) is 12.4 Å². The molecule has 0 aromatic carbocycles. The molecular weight excluding hydrogens is 176 g/mol. The Balaban J connectivity index is 1.96. The van der Waals surface area contributed by atoms with Gasteiger partial charge in [0.05, 0.1) is 6.61 Å². The molecule has 0 N–H and O–H groups in total. The van der Waals surface area contributed by atoms with E-state index in [9.17, 15) is 4.79 Å². The average molecular weight is 194 g/mol. The monoisotopic (exact) mass is 194 g/mol. The van der Waals surface area contributed by atoms with E-state index in [-0.39, 0.29) is 11.7 Å². The largest absolute Gasteiger partial charge is 0.490 e. The van der Waals surface area contributed by atoms with Crippen molar-refractivity contribution in [1.82, 2.24) is 0 Å². The summed E-state index contributed by atoms with van der Waals surface area (Å²) in [6.45, 7) is 2.94. The van der Waals surface area contributed by atoms with E-state index in [4.69, 9.17) is 4.74 Å². The van der Waals surface area contributed by atoms with Crippen molar-refractivity contribution in [2.45, 2.75) is 39.0 Å². The zero-order valence-electron chi connectivity index (χ0n) is 8.79. The molecule has 14 heavy (non-hydrogen) atoms. The minimum Gasteiger partial charge on any atom is -0.490 e. The zero-order chi connectivity index (χ0) is 9.97. The Hall–Kier alpha value is -0.790. The van der Waals surface area contributed by atoms with Crippen molar-refractivity contribution in [3.05, 3.63) is 11.8 Å². The molecule has 2 nitrogen and oxygen atoms in total. The van der Waals surface area contributed by atoms with Crippen molar-refractivity contribution in [2.24, 2.45) is 11.8 Å². The van der Waals surface area contributed by atoms with Crippen LogP contribution in [0.15, 0.2) is 11.8 Å². The Morgan fingerprint density at radius 2 is 2.36 bits per heavy atom. The first kappa shape index (κ1) is 9.75. The summed E-state index contributed by atoms with van der Waals surface area (Å²) in [6, 6.07) is 0. The number of ether oxygens (including phenoxy) is 1. The third-order valence-corrected chi connectivity index (χ3v) is 3.26. The summed E-state index contributed by atoms with van der Waals surface area (Å²) >= 11 is 0. The topological polar surface area (TPSA) is 26.3 Å². The number of ketones is 1. The highest BCUT2D eigenvalue weighted by Gasteiger charge is 2.28. The summed E-state index contributed by atoms with van der Waals surface area (Å²) in [7, 11) is 0. The first-order valence-electron chi connectivity index (χ1n) is 5.64. The molecule has 0 aromatic heterocycles. The lowest BCUT2D eigenvalue weighted by Crippen LogP contribution is -2.23. The van der Waals surface area contributed by atoms with Crippen molar-refractivity contribution < 1.29 is 9.53 Å². The maximum atomic E-state index is 12.0. The Morgan fingerprint density at radius 1 is 1.50 bits per heavy atom. The molecule has 0 aromatic rings. The minimum atomic E-state index is 0.239. The van der Waals surface area contributed by atoms with Crippen LogP contribution in [0.25, 0.3) is 0 Å². The SMILES string of the molecule is CC1CCCC(C(=O)C2=CCCO2)C1. The maximum Gasteiger partial charge on any atom is 0.200 e. The summed E-state index contributed by atoms with van der Waals surface area (Å²) in [6.07, 6.45) is 7.45. The van der Waals surface area contributed by atoms with Crippen LogP contribution < -0.4 is 0 Å². The van der Waals surface area contributed by atoms with Gasteiger partial charge in [-0.3, -0.25) is 4.79 Å². The molecule has 2 heteroatoms. The second kappa shape index (κ2) is 4.16. The molecule has 0 amide bonds. The van der Waals surface area contributed by atoms with Gasteiger partial charge in [0, 0.05) is 12.3 Å². The second-order valence-electron chi connectivity index (χ2n) is 4.54. The Labute approximate surface area is 85.3 Å². The van der Waals surface area contributed by atoms with Gasteiger partial charge in [0.25, 0.3) is 0 Å². The number of carbonyl (C=O) groups excluding carboxylic acids is 1. The molecule has 78 valence electrons. The zero-order valence-corrected chi connectivity index (χ0v) is 8.79. The Bertz CT molecular complexity index is 255. The second-order valence-corrected chi connectivity index (χ2v) is 4.54. The molecule has 1 saturated carbocycles. The predicted molar refractivity (Wildman–Crippen MR) is 54.8 cm³/mol. The van der Waals surface area contributed by atoms with Gasteiger partial charge in [-0.05, 0) is 24.8 Å². The van der Waals surface area contributed by atoms with Gasteiger partial charge in [-0.2, -0.15) is 0 Å². The molecule has 2 atom stereocenters. The van der Waals surface area contributed by atoms with E-state index in [2.05, 4.69) is 6.92 Å². The van der Waals surface area contributed by atoms with E-state index in [1.54, 1.807) is 0 Å². The van der Waals surface area contributed by atoms with Gasteiger partial charge in [0.15, 0.2) is 11.5 Å².